The van der Waals surface area contributed by atoms with Crippen molar-refractivity contribution >= 4 is 6.03 Å². The third kappa shape index (κ3) is 5.61. The number of nitrogens with one attached hydrogen (secondary N) is 2. The molecule has 0 aromatic heterocycles. The molecule has 0 bridgehead atoms. The second-order valence-electron chi connectivity index (χ2n) is 5.39. The second kappa shape index (κ2) is 7.85. The molecular formula is C15H23N3O3. The SMILES string of the molecule is O=C(NCc1ccc(O)cc1)NC[C@H](O)CN1CCCC1. The number of aliphatic hydroxyl groups excluding tert-OH is 1. The number of amides is 2. The molecule has 1 aromatic carbocycles. The predicted molar refractivity (Wildman–Crippen MR) is 80.0 cm³/mol. The molecule has 0 saturated carbocycles. The van der Waals surface area contributed by atoms with E-state index in [1.165, 1.54) is 12.8 Å². The number of rotatable bonds is 6. The van der Waals surface area contributed by atoms with Crippen molar-refractivity contribution in [3.63, 3.8) is 0 Å². The summed E-state index contributed by atoms with van der Waals surface area (Å²) in [6, 6.07) is 6.35. The molecule has 1 heterocycles. The number of urea groups is 1. The van der Waals surface area contributed by atoms with Gasteiger partial charge in [-0.3, -0.25) is 0 Å². The van der Waals surface area contributed by atoms with Crippen molar-refractivity contribution < 1.29 is 15.0 Å². The van der Waals surface area contributed by atoms with Gasteiger partial charge in [0.2, 0.25) is 0 Å². The number of carbonyl (C=O) groups excluding carboxylic acids is 1. The van der Waals surface area contributed by atoms with Crippen LogP contribution in [-0.2, 0) is 6.54 Å². The number of β-amino-alcohol motifs (C(OH)–C–C–N with tert-alkyl or cyclic N) is 1. The fourth-order valence-electron chi connectivity index (χ4n) is 2.40. The minimum Gasteiger partial charge on any atom is -0.508 e. The summed E-state index contributed by atoms with van der Waals surface area (Å²) in [5.74, 6) is 0.202. The maximum absolute atomic E-state index is 11.6. The first-order chi connectivity index (χ1) is 10.1. The molecule has 1 fully saturated rings. The van der Waals surface area contributed by atoms with E-state index in [-0.39, 0.29) is 18.3 Å². The lowest BCUT2D eigenvalue weighted by Gasteiger charge is -2.19. The molecule has 0 aliphatic carbocycles. The highest BCUT2D eigenvalue weighted by Crippen LogP contribution is 2.09. The molecule has 1 aliphatic heterocycles. The zero-order chi connectivity index (χ0) is 15.1. The molecule has 1 saturated heterocycles. The van der Waals surface area contributed by atoms with E-state index >= 15 is 0 Å². The molecule has 116 valence electrons. The number of hydrogen-bond donors (Lipinski definition) is 4. The van der Waals surface area contributed by atoms with Crippen molar-refractivity contribution in [1.29, 1.82) is 0 Å². The summed E-state index contributed by atoms with van der Waals surface area (Å²) in [5, 5.41) is 24.4. The van der Waals surface area contributed by atoms with Crippen LogP contribution in [0.2, 0.25) is 0 Å². The summed E-state index contributed by atoms with van der Waals surface area (Å²) >= 11 is 0. The highest BCUT2D eigenvalue weighted by molar-refractivity contribution is 5.73. The maximum atomic E-state index is 11.6. The van der Waals surface area contributed by atoms with Crippen LogP contribution in [-0.4, -0.2) is 53.4 Å². The topological polar surface area (TPSA) is 84.8 Å². The molecule has 1 aliphatic rings. The quantitative estimate of drug-likeness (QED) is 0.620. The van der Waals surface area contributed by atoms with Crippen LogP contribution in [0.4, 0.5) is 4.79 Å². The summed E-state index contributed by atoms with van der Waals surface area (Å²) in [5.41, 5.74) is 0.903. The molecule has 0 spiro atoms. The van der Waals surface area contributed by atoms with Crippen LogP contribution in [0.1, 0.15) is 18.4 Å². The fourth-order valence-corrected chi connectivity index (χ4v) is 2.40. The van der Waals surface area contributed by atoms with Crippen LogP contribution in [0.5, 0.6) is 5.75 Å². The van der Waals surface area contributed by atoms with E-state index in [2.05, 4.69) is 15.5 Å². The summed E-state index contributed by atoms with van der Waals surface area (Å²) in [6.07, 6.45) is 1.84. The Morgan fingerprint density at radius 3 is 2.52 bits per heavy atom. The molecule has 6 heteroatoms. The molecule has 0 radical (unpaired) electrons. The molecule has 6 nitrogen and oxygen atoms in total. The standard InChI is InChI=1S/C15H23N3O3/c19-13-5-3-12(4-6-13)9-16-15(21)17-10-14(20)11-18-7-1-2-8-18/h3-6,14,19-20H,1-2,7-11H2,(H2,16,17,21)/t14-/m0/s1. The number of hydrogen-bond acceptors (Lipinski definition) is 4. The van der Waals surface area contributed by atoms with Crippen molar-refractivity contribution in [2.24, 2.45) is 0 Å². The Bertz CT molecular complexity index is 444. The molecule has 0 unspecified atom stereocenters. The Balaban J connectivity index is 1.61. The maximum Gasteiger partial charge on any atom is 0.315 e. The third-order valence-electron chi connectivity index (χ3n) is 3.56. The highest BCUT2D eigenvalue weighted by Gasteiger charge is 2.16. The average Bonchev–Trinajstić information content (AvgIpc) is 2.97. The van der Waals surface area contributed by atoms with Crippen molar-refractivity contribution in [3.8, 4) is 5.75 Å². The molecule has 4 N–H and O–H groups in total. The van der Waals surface area contributed by atoms with Crippen LogP contribution in [0.25, 0.3) is 0 Å². The monoisotopic (exact) mass is 293 g/mol. The smallest absolute Gasteiger partial charge is 0.315 e. The number of phenolic OH excluding ortho intramolecular Hbond substituents is 1. The van der Waals surface area contributed by atoms with Gasteiger partial charge in [-0.2, -0.15) is 0 Å². The van der Waals surface area contributed by atoms with Crippen LogP contribution in [0.3, 0.4) is 0 Å². The number of aliphatic hydroxyl groups is 1. The lowest BCUT2D eigenvalue weighted by molar-refractivity contribution is 0.124. The molecule has 2 rings (SSSR count). The van der Waals surface area contributed by atoms with Gasteiger partial charge < -0.3 is 25.7 Å². The van der Waals surface area contributed by atoms with E-state index in [9.17, 15) is 9.90 Å². The summed E-state index contributed by atoms with van der Waals surface area (Å²) < 4.78 is 0. The Morgan fingerprint density at radius 1 is 1.19 bits per heavy atom. The first kappa shape index (κ1) is 15.6. The number of phenols is 1. The number of aromatic hydroxyl groups is 1. The van der Waals surface area contributed by atoms with E-state index in [4.69, 9.17) is 5.11 Å². The van der Waals surface area contributed by atoms with Gasteiger partial charge in [0.1, 0.15) is 5.75 Å². The Kier molecular flexibility index (Phi) is 5.83. The minimum atomic E-state index is -0.539. The van der Waals surface area contributed by atoms with E-state index < -0.39 is 6.10 Å². The van der Waals surface area contributed by atoms with Gasteiger partial charge in [0.15, 0.2) is 0 Å². The number of nitrogens with zero attached hydrogens (tertiary/aromatic N) is 1. The lowest BCUT2D eigenvalue weighted by Crippen LogP contribution is -2.43. The lowest BCUT2D eigenvalue weighted by atomic mass is 10.2. The first-order valence-corrected chi connectivity index (χ1v) is 7.33. The van der Waals surface area contributed by atoms with Gasteiger partial charge >= 0.3 is 6.03 Å². The van der Waals surface area contributed by atoms with Gasteiger partial charge in [0.25, 0.3) is 0 Å². The van der Waals surface area contributed by atoms with E-state index in [0.717, 1.165) is 18.7 Å². The van der Waals surface area contributed by atoms with Crippen molar-refractivity contribution in [1.82, 2.24) is 15.5 Å². The van der Waals surface area contributed by atoms with Crippen LogP contribution >= 0.6 is 0 Å². The highest BCUT2D eigenvalue weighted by atomic mass is 16.3. The van der Waals surface area contributed by atoms with Crippen molar-refractivity contribution in [2.45, 2.75) is 25.5 Å². The fraction of sp³-hybridized carbons (Fsp3) is 0.533. The van der Waals surface area contributed by atoms with E-state index in [0.29, 0.717) is 13.1 Å². The molecular weight excluding hydrogens is 270 g/mol. The summed E-state index contributed by atoms with van der Waals surface area (Å²) in [7, 11) is 0. The zero-order valence-corrected chi connectivity index (χ0v) is 12.1. The van der Waals surface area contributed by atoms with Gasteiger partial charge in [-0.25, -0.2) is 4.79 Å². The van der Waals surface area contributed by atoms with Crippen molar-refractivity contribution in [3.05, 3.63) is 29.8 Å². The molecule has 1 aromatic rings. The molecule has 2 amide bonds. The first-order valence-electron chi connectivity index (χ1n) is 7.33. The number of likely N-dealkylation sites (tertiary alicyclic amines) is 1. The third-order valence-corrected chi connectivity index (χ3v) is 3.56. The average molecular weight is 293 g/mol. The molecule has 1 atom stereocenters. The van der Waals surface area contributed by atoms with Crippen LogP contribution in [0, 0.1) is 0 Å². The predicted octanol–water partition coefficient (Wildman–Crippen LogP) is 0.648. The Morgan fingerprint density at radius 2 is 1.86 bits per heavy atom. The van der Waals surface area contributed by atoms with Gasteiger partial charge in [0.05, 0.1) is 6.10 Å². The van der Waals surface area contributed by atoms with Crippen LogP contribution in [0.15, 0.2) is 24.3 Å². The summed E-state index contributed by atoms with van der Waals surface area (Å²) in [4.78, 5) is 13.8. The van der Waals surface area contributed by atoms with Gasteiger partial charge in [0, 0.05) is 19.6 Å². The van der Waals surface area contributed by atoms with Gasteiger partial charge in [-0.15, -0.1) is 0 Å². The van der Waals surface area contributed by atoms with Gasteiger partial charge in [-0.05, 0) is 43.6 Å². The van der Waals surface area contributed by atoms with Crippen molar-refractivity contribution in [2.75, 3.05) is 26.2 Å². The zero-order valence-electron chi connectivity index (χ0n) is 12.1. The van der Waals surface area contributed by atoms with E-state index in [1.807, 2.05) is 0 Å². The van der Waals surface area contributed by atoms with E-state index in [1.54, 1.807) is 24.3 Å². The Labute approximate surface area is 124 Å². The second-order valence-corrected chi connectivity index (χ2v) is 5.39. The van der Waals surface area contributed by atoms with Crippen LogP contribution < -0.4 is 10.6 Å². The Hall–Kier alpha value is -1.79. The number of benzene rings is 1. The number of carbonyl (C=O) groups is 1. The minimum absolute atomic E-state index is 0.202. The van der Waals surface area contributed by atoms with Gasteiger partial charge in [-0.1, -0.05) is 12.1 Å². The summed E-state index contributed by atoms with van der Waals surface area (Å²) in [6.45, 7) is 3.30. The normalized spacial score (nSPS) is 16.6. The largest absolute Gasteiger partial charge is 0.508 e. The molecule has 21 heavy (non-hydrogen) atoms.